The zero-order valence-electron chi connectivity index (χ0n) is 30.8. The fourth-order valence-corrected chi connectivity index (χ4v) is 7.18. The maximum atomic E-state index is 13.1. The Balaban J connectivity index is -0.00000760. The van der Waals surface area contributed by atoms with Gasteiger partial charge in [-0.25, -0.2) is 0 Å². The van der Waals surface area contributed by atoms with Crippen molar-refractivity contribution < 1.29 is 53.3 Å². The predicted octanol–water partition coefficient (Wildman–Crippen LogP) is 10.4. The smallest absolute Gasteiger partial charge is 0.655 e. The molecule has 0 aromatic heterocycles. The topological polar surface area (TPSA) is 71.6 Å². The number of rotatable bonds is 16. The molecule has 0 rings (SSSR count). The molecule has 0 spiro atoms. The van der Waals surface area contributed by atoms with Crippen LogP contribution in [0.1, 0.15) is 150 Å². The number of hydrogen-bond acceptors (Lipinski definition) is 3. The van der Waals surface area contributed by atoms with Gasteiger partial charge in [0.25, 0.3) is 0 Å². The summed E-state index contributed by atoms with van der Waals surface area (Å²) in [6.07, 6.45) is 4.67. The SMILES string of the molecule is C[N-]C(=O)C(C)(C)CC(C)(C)C(=O)[N-]CC(C)(C)CC(C)(C)C(C)(C)OCCC(C)(C)CC(C)(C)CC(C)(C)C.[Ru+].[Ru+]. The molecule has 0 aliphatic heterocycles. The minimum absolute atomic E-state index is 0. The van der Waals surface area contributed by atoms with Crippen molar-refractivity contribution in [2.45, 2.75) is 155 Å². The third kappa shape index (κ3) is 16.5. The molecule has 0 saturated carbocycles. The third-order valence-electron chi connectivity index (χ3n) is 8.65. The maximum Gasteiger partial charge on any atom is 1.00 e. The molecule has 252 valence electrons. The van der Waals surface area contributed by atoms with Gasteiger partial charge in [0.1, 0.15) is 0 Å². The summed E-state index contributed by atoms with van der Waals surface area (Å²) in [6, 6.07) is 0. The fourth-order valence-electron chi connectivity index (χ4n) is 7.18. The number of amides is 2. The van der Waals surface area contributed by atoms with Gasteiger partial charge in [-0.1, -0.05) is 109 Å². The van der Waals surface area contributed by atoms with Gasteiger partial charge in [-0.15, -0.1) is 13.6 Å². The van der Waals surface area contributed by atoms with E-state index in [1.807, 2.05) is 27.7 Å². The average molecular weight is 767 g/mol. The van der Waals surface area contributed by atoms with E-state index in [4.69, 9.17) is 4.74 Å². The van der Waals surface area contributed by atoms with Crippen molar-refractivity contribution in [3.8, 4) is 0 Å². The van der Waals surface area contributed by atoms with Crippen molar-refractivity contribution in [1.82, 2.24) is 0 Å². The van der Waals surface area contributed by atoms with Gasteiger partial charge in [0, 0.05) is 17.4 Å². The first-order chi connectivity index (χ1) is 17.4. The molecule has 0 unspecified atom stereocenters. The number of carbonyl (C=O) groups excluding carboxylic acids is 2. The van der Waals surface area contributed by atoms with Crippen LogP contribution in [0.25, 0.3) is 10.6 Å². The van der Waals surface area contributed by atoms with Crippen LogP contribution in [0.15, 0.2) is 0 Å². The Bertz CT molecular complexity index is 851. The number of nitrogens with zero attached hydrogens (tertiary/aromatic N) is 2. The van der Waals surface area contributed by atoms with E-state index in [0.29, 0.717) is 18.4 Å². The van der Waals surface area contributed by atoms with Gasteiger partial charge in [0.2, 0.25) is 0 Å². The molecule has 0 saturated heterocycles. The van der Waals surface area contributed by atoms with Crippen molar-refractivity contribution in [2.24, 2.45) is 37.9 Å². The minimum atomic E-state index is -0.730. The number of hydrogen-bond donors (Lipinski definition) is 0. The molecule has 2 radical (unpaired) electrons. The fraction of sp³-hybridized carbons (Fsp3) is 0.943. The van der Waals surface area contributed by atoms with E-state index in [9.17, 15) is 9.59 Å². The molecular formula is C35H68N2O3Ru2. The standard InChI is InChI=1S/C35H70N2O3.2Ru/c1-28(2,3)21-30(6,7)22-29(4,5)19-20-40-35(16,17)34(14,15)23-31(8,9)25-37-27(39)33(12,13)24-32(10,11)26(38)36-18;;/h19-25H2,1-18H3,(H2,36,37,38,39);;/q;2*+1/p-2. The van der Waals surface area contributed by atoms with Crippen LogP contribution >= 0.6 is 0 Å². The molecule has 42 heavy (non-hydrogen) atoms. The quantitative estimate of drug-likeness (QED) is 0.147. The van der Waals surface area contributed by atoms with Crippen LogP contribution in [-0.4, -0.2) is 37.6 Å². The first kappa shape index (κ1) is 46.6. The van der Waals surface area contributed by atoms with Crippen LogP contribution in [0.4, 0.5) is 0 Å². The second-order valence-electron chi connectivity index (χ2n) is 18.7. The van der Waals surface area contributed by atoms with Crippen molar-refractivity contribution in [3.63, 3.8) is 0 Å². The number of carbonyl (C=O) groups is 2. The van der Waals surface area contributed by atoms with Crippen molar-refractivity contribution in [3.05, 3.63) is 10.6 Å². The Morgan fingerprint density at radius 2 is 1.02 bits per heavy atom. The minimum Gasteiger partial charge on any atom is -0.655 e. The molecule has 0 bridgehead atoms. The largest absolute Gasteiger partial charge is 1.00 e. The summed E-state index contributed by atoms with van der Waals surface area (Å²) in [4.78, 5) is 25.4. The first-order valence-corrected chi connectivity index (χ1v) is 15.4. The summed E-state index contributed by atoms with van der Waals surface area (Å²) >= 11 is 0. The molecule has 0 aromatic rings. The van der Waals surface area contributed by atoms with Crippen molar-refractivity contribution in [2.75, 3.05) is 20.2 Å². The van der Waals surface area contributed by atoms with Crippen LogP contribution in [-0.2, 0) is 53.3 Å². The molecule has 5 nitrogen and oxygen atoms in total. The first-order valence-electron chi connectivity index (χ1n) is 15.4. The van der Waals surface area contributed by atoms with Gasteiger partial charge in [-0.05, 0) is 67.6 Å². The van der Waals surface area contributed by atoms with Gasteiger partial charge >= 0.3 is 39.0 Å². The van der Waals surface area contributed by atoms with E-state index in [1.165, 1.54) is 19.9 Å². The summed E-state index contributed by atoms with van der Waals surface area (Å²) in [6.45, 7) is 38.4. The van der Waals surface area contributed by atoms with E-state index in [0.717, 1.165) is 19.4 Å². The van der Waals surface area contributed by atoms with Crippen LogP contribution in [0.2, 0.25) is 0 Å². The summed E-state index contributed by atoms with van der Waals surface area (Å²) in [7, 11) is 1.51. The molecule has 0 aliphatic carbocycles. The number of ether oxygens (including phenoxy) is 1. The maximum absolute atomic E-state index is 13.1. The summed E-state index contributed by atoms with van der Waals surface area (Å²) in [5.41, 5.74) is -1.27. The molecule has 2 amide bonds. The molecule has 0 fully saturated rings. The normalized spacial score (nSPS) is 14.0. The van der Waals surface area contributed by atoms with E-state index < -0.39 is 10.8 Å². The summed E-state index contributed by atoms with van der Waals surface area (Å²) in [5.74, 6) is -0.336. The summed E-state index contributed by atoms with van der Waals surface area (Å²) in [5, 5.41) is 8.36. The Hall–Kier alpha value is 0.147. The monoisotopic (exact) mass is 768 g/mol. The molecule has 0 aromatic carbocycles. The van der Waals surface area contributed by atoms with Crippen LogP contribution in [0.3, 0.4) is 0 Å². The molecule has 0 N–H and O–H groups in total. The van der Waals surface area contributed by atoms with Gasteiger partial charge in [0.15, 0.2) is 0 Å². The second kappa shape index (κ2) is 16.1. The van der Waals surface area contributed by atoms with Crippen LogP contribution < -0.4 is 0 Å². The van der Waals surface area contributed by atoms with Crippen LogP contribution in [0, 0.1) is 37.9 Å². The van der Waals surface area contributed by atoms with Gasteiger partial charge in [-0.2, -0.15) is 0 Å². The average Bonchev–Trinajstić information content (AvgIpc) is 2.66. The van der Waals surface area contributed by atoms with Gasteiger partial charge in [0.05, 0.1) is 17.4 Å². The molecular weight excluding hydrogens is 699 g/mol. The van der Waals surface area contributed by atoms with E-state index in [2.05, 4.69) is 101 Å². The Labute approximate surface area is 287 Å². The second-order valence-corrected chi connectivity index (χ2v) is 18.7. The molecule has 0 heterocycles. The van der Waals surface area contributed by atoms with Crippen molar-refractivity contribution in [1.29, 1.82) is 0 Å². The molecule has 0 aliphatic rings. The predicted molar refractivity (Wildman–Crippen MR) is 173 cm³/mol. The zero-order valence-corrected chi connectivity index (χ0v) is 34.3. The van der Waals surface area contributed by atoms with Gasteiger partial charge < -0.3 is 25.0 Å². The Kier molecular flexibility index (Phi) is 17.9. The molecule has 0 atom stereocenters. The third-order valence-corrected chi connectivity index (χ3v) is 8.65. The van der Waals surface area contributed by atoms with Gasteiger partial charge in [-0.3, -0.25) is 0 Å². The van der Waals surface area contributed by atoms with E-state index in [-0.39, 0.29) is 78.0 Å². The van der Waals surface area contributed by atoms with E-state index >= 15 is 0 Å². The summed E-state index contributed by atoms with van der Waals surface area (Å²) < 4.78 is 6.62. The van der Waals surface area contributed by atoms with E-state index in [1.54, 1.807) is 0 Å². The Morgan fingerprint density at radius 1 is 0.571 bits per heavy atom. The zero-order chi connectivity index (χ0) is 32.2. The Morgan fingerprint density at radius 3 is 1.45 bits per heavy atom. The van der Waals surface area contributed by atoms with Crippen LogP contribution in [0.5, 0.6) is 0 Å². The molecule has 7 heteroatoms. The van der Waals surface area contributed by atoms with Crippen molar-refractivity contribution >= 4 is 11.8 Å².